The van der Waals surface area contributed by atoms with Crippen LogP contribution in [0.3, 0.4) is 0 Å². The Balaban J connectivity index is 1.53. The number of aryl methyl sites for hydroxylation is 1. The number of amides is 2. The Morgan fingerprint density at radius 2 is 2.00 bits per heavy atom. The third-order valence-corrected chi connectivity index (χ3v) is 6.17. The standard InChI is InChI=1S/C20H25FN2O2/c1-13-9-15(6-8-18(13)21)19(24)22-11-16-5-7-17(12-22)23(20(16)25)10-14-3-2-4-14/h6,8-9,14,16-17H,2-5,7,10-12H2,1H3/t16-,17+/m1/s1. The summed E-state index contributed by atoms with van der Waals surface area (Å²) in [6.07, 6.45) is 5.57. The fraction of sp³-hybridized carbons (Fsp3) is 0.600. The van der Waals surface area contributed by atoms with Gasteiger partial charge in [-0.25, -0.2) is 4.39 Å². The third-order valence-electron chi connectivity index (χ3n) is 6.17. The zero-order valence-electron chi connectivity index (χ0n) is 14.7. The molecule has 0 radical (unpaired) electrons. The molecular formula is C20H25FN2O2. The number of halogens is 1. The molecule has 0 spiro atoms. The van der Waals surface area contributed by atoms with Crippen LogP contribution >= 0.6 is 0 Å². The lowest BCUT2D eigenvalue weighted by Crippen LogP contribution is -2.50. The molecule has 1 aromatic rings. The highest BCUT2D eigenvalue weighted by Gasteiger charge is 2.43. The molecule has 2 amide bonds. The minimum Gasteiger partial charge on any atom is -0.337 e. The van der Waals surface area contributed by atoms with Crippen LogP contribution in [0.2, 0.25) is 0 Å². The van der Waals surface area contributed by atoms with E-state index in [9.17, 15) is 14.0 Å². The fourth-order valence-electron chi connectivity index (χ4n) is 4.36. The molecule has 5 heteroatoms. The van der Waals surface area contributed by atoms with Crippen LogP contribution in [0, 0.1) is 24.6 Å². The minimum absolute atomic E-state index is 0.0793. The summed E-state index contributed by atoms with van der Waals surface area (Å²) in [5.74, 6) is 0.415. The van der Waals surface area contributed by atoms with Crippen LogP contribution in [0.25, 0.3) is 0 Å². The van der Waals surface area contributed by atoms with E-state index in [1.165, 1.54) is 25.3 Å². The summed E-state index contributed by atoms with van der Waals surface area (Å²) in [6.45, 7) is 3.62. The number of carbonyl (C=O) groups is 2. The second-order valence-corrected chi connectivity index (χ2v) is 7.89. The average Bonchev–Trinajstić information content (AvgIpc) is 2.84. The van der Waals surface area contributed by atoms with Crippen LogP contribution in [0.1, 0.15) is 48.0 Å². The van der Waals surface area contributed by atoms with E-state index in [0.29, 0.717) is 30.1 Å². The molecule has 3 aliphatic heterocycles. The summed E-state index contributed by atoms with van der Waals surface area (Å²) >= 11 is 0. The molecule has 0 N–H and O–H groups in total. The lowest BCUT2D eigenvalue weighted by Gasteiger charge is -2.40. The Labute approximate surface area is 148 Å². The summed E-state index contributed by atoms with van der Waals surface area (Å²) in [6, 6.07) is 4.64. The predicted octanol–water partition coefficient (Wildman–Crippen LogP) is 3.00. The van der Waals surface area contributed by atoms with Gasteiger partial charge in [0.05, 0.1) is 5.92 Å². The zero-order chi connectivity index (χ0) is 17.6. The largest absolute Gasteiger partial charge is 0.337 e. The molecule has 4 aliphatic rings. The van der Waals surface area contributed by atoms with Crippen molar-refractivity contribution in [3.8, 4) is 0 Å². The van der Waals surface area contributed by atoms with E-state index < -0.39 is 0 Å². The van der Waals surface area contributed by atoms with Crippen molar-refractivity contribution >= 4 is 11.8 Å². The van der Waals surface area contributed by atoms with E-state index in [1.807, 2.05) is 4.90 Å². The average molecular weight is 344 g/mol. The summed E-state index contributed by atoms with van der Waals surface area (Å²) in [5.41, 5.74) is 0.990. The van der Waals surface area contributed by atoms with Gasteiger partial charge in [-0.2, -0.15) is 0 Å². The van der Waals surface area contributed by atoms with Gasteiger partial charge in [0.15, 0.2) is 0 Å². The van der Waals surface area contributed by atoms with Crippen LogP contribution in [0.15, 0.2) is 18.2 Å². The second kappa shape index (κ2) is 6.43. The van der Waals surface area contributed by atoms with E-state index in [-0.39, 0.29) is 29.6 Å². The van der Waals surface area contributed by atoms with Crippen LogP contribution in [0.5, 0.6) is 0 Å². The number of carbonyl (C=O) groups excluding carboxylic acids is 2. The van der Waals surface area contributed by atoms with Gasteiger partial charge >= 0.3 is 0 Å². The van der Waals surface area contributed by atoms with Gasteiger partial charge in [0.2, 0.25) is 5.91 Å². The molecule has 3 heterocycles. The normalized spacial score (nSPS) is 26.6. The van der Waals surface area contributed by atoms with Crippen LogP contribution in [0.4, 0.5) is 4.39 Å². The summed E-state index contributed by atoms with van der Waals surface area (Å²) < 4.78 is 13.5. The van der Waals surface area contributed by atoms with Gasteiger partial charge in [0.25, 0.3) is 5.91 Å². The molecule has 5 rings (SSSR count). The minimum atomic E-state index is -0.297. The van der Waals surface area contributed by atoms with Gasteiger partial charge in [-0.1, -0.05) is 6.42 Å². The molecule has 3 saturated heterocycles. The monoisotopic (exact) mass is 344 g/mol. The zero-order valence-corrected chi connectivity index (χ0v) is 14.7. The summed E-state index contributed by atoms with van der Waals surface area (Å²) in [4.78, 5) is 29.6. The molecule has 4 fully saturated rings. The summed E-state index contributed by atoms with van der Waals surface area (Å²) in [7, 11) is 0. The van der Waals surface area contributed by atoms with Crippen molar-refractivity contribution in [2.45, 2.75) is 45.1 Å². The Bertz CT molecular complexity index is 701. The van der Waals surface area contributed by atoms with Crippen molar-refractivity contribution in [1.82, 2.24) is 9.80 Å². The van der Waals surface area contributed by atoms with Crippen molar-refractivity contribution in [3.63, 3.8) is 0 Å². The summed E-state index contributed by atoms with van der Waals surface area (Å²) in [5, 5.41) is 0. The smallest absolute Gasteiger partial charge is 0.253 e. The lowest BCUT2D eigenvalue weighted by atomic mass is 9.83. The first-order valence-electron chi connectivity index (χ1n) is 9.39. The molecule has 1 aliphatic carbocycles. The number of piperidine rings is 1. The molecule has 1 saturated carbocycles. The van der Waals surface area contributed by atoms with E-state index in [2.05, 4.69) is 4.90 Å². The van der Waals surface area contributed by atoms with Crippen molar-refractivity contribution in [3.05, 3.63) is 35.1 Å². The first-order valence-corrected chi connectivity index (χ1v) is 9.39. The Kier molecular flexibility index (Phi) is 4.26. The molecule has 2 atom stereocenters. The topological polar surface area (TPSA) is 40.6 Å². The number of benzene rings is 1. The fourth-order valence-corrected chi connectivity index (χ4v) is 4.36. The number of nitrogens with zero attached hydrogens (tertiary/aromatic N) is 2. The molecule has 134 valence electrons. The van der Waals surface area contributed by atoms with Crippen LogP contribution in [-0.4, -0.2) is 47.3 Å². The Hall–Kier alpha value is -1.91. The first-order chi connectivity index (χ1) is 12.0. The molecule has 2 bridgehead atoms. The van der Waals surface area contributed by atoms with Gasteiger partial charge in [-0.15, -0.1) is 0 Å². The van der Waals surface area contributed by atoms with Gasteiger partial charge < -0.3 is 9.80 Å². The van der Waals surface area contributed by atoms with E-state index >= 15 is 0 Å². The molecule has 25 heavy (non-hydrogen) atoms. The third kappa shape index (κ3) is 3.05. The Morgan fingerprint density at radius 3 is 2.68 bits per heavy atom. The van der Waals surface area contributed by atoms with Crippen LogP contribution in [-0.2, 0) is 4.79 Å². The maximum Gasteiger partial charge on any atom is 0.253 e. The second-order valence-electron chi connectivity index (χ2n) is 7.89. The van der Waals surface area contributed by atoms with E-state index in [4.69, 9.17) is 0 Å². The molecule has 0 aromatic heterocycles. The number of hydrogen-bond donors (Lipinski definition) is 0. The Morgan fingerprint density at radius 1 is 1.20 bits per heavy atom. The molecule has 1 aromatic carbocycles. The molecule has 4 nitrogen and oxygen atoms in total. The highest BCUT2D eigenvalue weighted by Crippen LogP contribution is 2.34. The maximum absolute atomic E-state index is 13.5. The quantitative estimate of drug-likeness (QED) is 0.846. The SMILES string of the molecule is Cc1cc(C(=O)N2C[C@H]3CC[C@@H](C2)N(CC2CCC2)C3=O)ccc1F. The lowest BCUT2D eigenvalue weighted by molar-refractivity contribution is -0.141. The van der Waals surface area contributed by atoms with Gasteiger partial charge in [0.1, 0.15) is 5.82 Å². The van der Waals surface area contributed by atoms with Crippen molar-refractivity contribution in [2.24, 2.45) is 11.8 Å². The van der Waals surface area contributed by atoms with Crippen molar-refractivity contribution in [1.29, 1.82) is 0 Å². The number of rotatable bonds is 3. The van der Waals surface area contributed by atoms with E-state index in [1.54, 1.807) is 19.1 Å². The van der Waals surface area contributed by atoms with Crippen LogP contribution < -0.4 is 0 Å². The maximum atomic E-state index is 13.5. The molecule has 0 unspecified atom stereocenters. The predicted molar refractivity (Wildman–Crippen MR) is 92.6 cm³/mol. The highest BCUT2D eigenvalue weighted by atomic mass is 19.1. The molecular weight excluding hydrogens is 319 g/mol. The first kappa shape index (κ1) is 16.6. The van der Waals surface area contributed by atoms with Gasteiger partial charge in [0, 0.05) is 31.2 Å². The van der Waals surface area contributed by atoms with Crippen molar-refractivity contribution < 1.29 is 14.0 Å². The highest BCUT2D eigenvalue weighted by molar-refractivity contribution is 5.95. The van der Waals surface area contributed by atoms with Gasteiger partial charge in [-0.3, -0.25) is 9.59 Å². The van der Waals surface area contributed by atoms with Gasteiger partial charge in [-0.05, 0) is 62.3 Å². The van der Waals surface area contributed by atoms with E-state index in [0.717, 1.165) is 19.4 Å². The van der Waals surface area contributed by atoms with Crippen molar-refractivity contribution in [2.75, 3.05) is 19.6 Å². The number of fused-ring (bicyclic) bond motifs is 4. The number of hydrogen-bond acceptors (Lipinski definition) is 2.